The second-order valence-corrected chi connectivity index (χ2v) is 2.86. The van der Waals surface area contributed by atoms with Gasteiger partial charge in [-0.05, 0) is 0 Å². The van der Waals surface area contributed by atoms with Gasteiger partial charge in [-0.2, -0.15) is 5.32 Å². The van der Waals surface area contributed by atoms with Crippen molar-refractivity contribution in [2.45, 2.75) is 24.4 Å². The van der Waals surface area contributed by atoms with Gasteiger partial charge in [0, 0.05) is 0 Å². The van der Waals surface area contributed by atoms with E-state index in [0.717, 1.165) is 0 Å². The minimum absolute atomic E-state index is 0.0936. The van der Waals surface area contributed by atoms with E-state index < -0.39 is 31.0 Å². The van der Waals surface area contributed by atoms with Crippen LogP contribution in [0.2, 0.25) is 0 Å². The molecule has 0 spiro atoms. The van der Waals surface area contributed by atoms with E-state index in [1.54, 1.807) is 7.05 Å². The predicted octanol–water partition coefficient (Wildman–Crippen LogP) is -4.60. The summed E-state index contributed by atoms with van der Waals surface area (Å²) in [7, 11) is 1.57. The van der Waals surface area contributed by atoms with Crippen LogP contribution >= 0.6 is 0 Å². The third-order valence-electron chi connectivity index (χ3n) is 1.74. The molecular formula is C7H17NO5+. The number of rotatable bonds is 6. The lowest BCUT2D eigenvalue weighted by atomic mass is 10.0. The van der Waals surface area contributed by atoms with Crippen LogP contribution < -0.4 is 5.32 Å². The highest BCUT2D eigenvalue weighted by Gasteiger charge is 2.30. The van der Waals surface area contributed by atoms with Crippen molar-refractivity contribution in [3.63, 3.8) is 0 Å². The van der Waals surface area contributed by atoms with Crippen molar-refractivity contribution in [1.29, 1.82) is 0 Å². The van der Waals surface area contributed by atoms with Gasteiger partial charge < -0.3 is 25.5 Å². The Labute approximate surface area is 76.4 Å². The van der Waals surface area contributed by atoms with Crippen molar-refractivity contribution in [2.75, 3.05) is 20.2 Å². The zero-order valence-corrected chi connectivity index (χ0v) is 7.46. The van der Waals surface area contributed by atoms with Gasteiger partial charge in [0.15, 0.2) is 0 Å². The third kappa shape index (κ3) is 3.99. The predicted molar refractivity (Wildman–Crippen MR) is 42.9 cm³/mol. The summed E-state index contributed by atoms with van der Waals surface area (Å²) >= 11 is 0. The SMILES string of the molecule is C[NH+]C[C@H](O)[C@@H](O)[C@H](O)[C@H](O)CO. The van der Waals surface area contributed by atoms with Crippen LogP contribution in [0.5, 0.6) is 0 Å². The van der Waals surface area contributed by atoms with E-state index in [1.807, 2.05) is 0 Å². The fourth-order valence-electron chi connectivity index (χ4n) is 0.893. The largest absolute Gasteiger partial charge is 0.394 e. The van der Waals surface area contributed by atoms with E-state index in [-0.39, 0.29) is 6.54 Å². The van der Waals surface area contributed by atoms with Crippen molar-refractivity contribution in [1.82, 2.24) is 0 Å². The Bertz CT molecular complexity index is 134. The Kier molecular flexibility index (Phi) is 6.13. The molecule has 0 fully saturated rings. The van der Waals surface area contributed by atoms with E-state index in [1.165, 1.54) is 0 Å². The molecule has 0 aromatic carbocycles. The molecule has 0 bridgehead atoms. The maximum Gasteiger partial charge on any atom is 0.149 e. The number of hydrogen-bond donors (Lipinski definition) is 6. The van der Waals surface area contributed by atoms with Gasteiger partial charge in [0.2, 0.25) is 0 Å². The number of aliphatic hydroxyl groups excluding tert-OH is 5. The van der Waals surface area contributed by atoms with Crippen molar-refractivity contribution in [3.8, 4) is 0 Å². The van der Waals surface area contributed by atoms with Crippen LogP contribution in [0.1, 0.15) is 0 Å². The summed E-state index contributed by atoms with van der Waals surface area (Å²) < 4.78 is 0. The average Bonchev–Trinajstić information content (AvgIpc) is 2.14. The van der Waals surface area contributed by atoms with Crippen LogP contribution in [0, 0.1) is 0 Å². The molecule has 0 aromatic heterocycles. The smallest absolute Gasteiger partial charge is 0.149 e. The fourth-order valence-corrected chi connectivity index (χ4v) is 0.893. The van der Waals surface area contributed by atoms with E-state index in [4.69, 9.17) is 20.4 Å². The molecular weight excluding hydrogens is 178 g/mol. The van der Waals surface area contributed by atoms with Crippen molar-refractivity contribution in [2.24, 2.45) is 0 Å². The molecule has 13 heavy (non-hydrogen) atoms. The Morgan fingerprint density at radius 3 is 1.85 bits per heavy atom. The molecule has 0 aliphatic carbocycles. The minimum atomic E-state index is -1.55. The van der Waals surface area contributed by atoms with Gasteiger partial charge in [0.05, 0.1) is 6.61 Å². The lowest BCUT2D eigenvalue weighted by molar-refractivity contribution is -0.635. The highest BCUT2D eigenvalue weighted by molar-refractivity contribution is 4.79. The van der Waals surface area contributed by atoms with E-state index in [2.05, 4.69) is 5.32 Å². The number of hydrogen-bond acceptors (Lipinski definition) is 6. The summed E-state index contributed by atoms with van der Waals surface area (Å²) in [5.74, 6) is 0. The third-order valence-corrected chi connectivity index (χ3v) is 1.74. The molecule has 0 saturated heterocycles. The zero-order chi connectivity index (χ0) is 10.4. The molecule has 0 amide bonds. The van der Waals surface area contributed by atoms with Crippen LogP contribution in [0.15, 0.2) is 0 Å². The maximum atomic E-state index is 9.21. The normalized spacial score (nSPS) is 20.8. The van der Waals surface area contributed by atoms with Crippen molar-refractivity contribution in [3.05, 3.63) is 0 Å². The van der Waals surface area contributed by atoms with Crippen LogP contribution in [-0.2, 0) is 0 Å². The summed E-state index contributed by atoms with van der Waals surface area (Å²) in [4.78, 5) is 0. The average molecular weight is 195 g/mol. The fraction of sp³-hybridized carbons (Fsp3) is 1.00. The Balaban J connectivity index is 3.99. The summed E-state index contributed by atoms with van der Waals surface area (Å²) in [6.07, 6.45) is -5.65. The molecule has 4 atom stereocenters. The summed E-state index contributed by atoms with van der Waals surface area (Å²) in [6, 6.07) is 0. The van der Waals surface area contributed by atoms with Gasteiger partial charge in [-0.1, -0.05) is 0 Å². The Morgan fingerprint density at radius 1 is 1.00 bits per heavy atom. The van der Waals surface area contributed by atoms with Crippen LogP contribution in [-0.4, -0.2) is 70.1 Å². The first-order valence-electron chi connectivity index (χ1n) is 4.02. The van der Waals surface area contributed by atoms with E-state index >= 15 is 0 Å². The second-order valence-electron chi connectivity index (χ2n) is 2.86. The lowest BCUT2D eigenvalue weighted by Gasteiger charge is -2.23. The van der Waals surface area contributed by atoms with Gasteiger partial charge >= 0.3 is 0 Å². The second kappa shape index (κ2) is 6.25. The molecule has 0 aliphatic rings. The summed E-state index contributed by atoms with van der Waals surface area (Å²) in [5, 5.41) is 47.5. The van der Waals surface area contributed by atoms with Crippen molar-refractivity contribution < 1.29 is 30.8 Å². The molecule has 6 N–H and O–H groups in total. The molecule has 0 saturated carbocycles. The van der Waals surface area contributed by atoms with Crippen LogP contribution in [0.25, 0.3) is 0 Å². The Hall–Kier alpha value is -0.240. The first-order chi connectivity index (χ1) is 6.04. The van der Waals surface area contributed by atoms with Gasteiger partial charge in [-0.15, -0.1) is 0 Å². The molecule has 6 nitrogen and oxygen atoms in total. The molecule has 6 heteroatoms. The Morgan fingerprint density at radius 2 is 1.46 bits per heavy atom. The number of nitrogens with one attached hydrogen (secondary N) is 1. The summed E-state index contributed by atoms with van der Waals surface area (Å²) in [5.41, 5.74) is 0. The summed E-state index contributed by atoms with van der Waals surface area (Å²) in [6.45, 7) is -0.569. The molecule has 1 radical (unpaired) electrons. The van der Waals surface area contributed by atoms with Gasteiger partial charge in [-0.25, -0.2) is 0 Å². The first-order valence-corrected chi connectivity index (χ1v) is 4.02. The number of likely N-dealkylation sites (N-methyl/N-ethyl adjacent to an activating group) is 1. The maximum absolute atomic E-state index is 9.21. The highest BCUT2D eigenvalue weighted by Crippen LogP contribution is 2.03. The number of aliphatic hydroxyl groups is 5. The van der Waals surface area contributed by atoms with Gasteiger partial charge in [0.1, 0.15) is 38.0 Å². The zero-order valence-electron chi connectivity index (χ0n) is 7.46. The molecule has 0 rings (SSSR count). The molecule has 0 aromatic rings. The van der Waals surface area contributed by atoms with Gasteiger partial charge in [0.25, 0.3) is 0 Å². The van der Waals surface area contributed by atoms with E-state index in [0.29, 0.717) is 0 Å². The lowest BCUT2D eigenvalue weighted by Crippen LogP contribution is -2.83. The first kappa shape index (κ1) is 12.8. The van der Waals surface area contributed by atoms with Crippen molar-refractivity contribution >= 4 is 0 Å². The minimum Gasteiger partial charge on any atom is -0.394 e. The molecule has 0 unspecified atom stereocenters. The van der Waals surface area contributed by atoms with Crippen LogP contribution in [0.4, 0.5) is 0 Å². The van der Waals surface area contributed by atoms with E-state index in [9.17, 15) is 5.11 Å². The molecule has 79 valence electrons. The highest BCUT2D eigenvalue weighted by atomic mass is 16.4. The molecule has 0 heterocycles. The topological polar surface area (TPSA) is 117 Å². The molecule has 0 aliphatic heterocycles. The quantitative estimate of drug-likeness (QED) is 0.255. The van der Waals surface area contributed by atoms with Gasteiger partial charge in [-0.3, -0.25) is 0 Å². The van der Waals surface area contributed by atoms with Crippen LogP contribution in [0.3, 0.4) is 0 Å². The standard InChI is InChI=1S/C7H17NO5/c1-8-2-4(10)6(12)7(13)5(11)3-9/h4-13H,2-3H2,1H3/q+1/t4-,5+,6+,7+/m0/s1. The monoisotopic (exact) mass is 195 g/mol.